The minimum absolute atomic E-state index is 0.122. The highest BCUT2D eigenvalue weighted by molar-refractivity contribution is 5.78. The van der Waals surface area contributed by atoms with Crippen LogP contribution >= 0.6 is 0 Å². The number of carbonyl (C=O) groups is 1. The molecule has 0 saturated carbocycles. The van der Waals surface area contributed by atoms with Crippen molar-refractivity contribution in [2.45, 2.75) is 33.3 Å². The van der Waals surface area contributed by atoms with Crippen molar-refractivity contribution in [1.82, 2.24) is 9.80 Å². The van der Waals surface area contributed by atoms with Gasteiger partial charge in [-0.05, 0) is 51.0 Å². The van der Waals surface area contributed by atoms with E-state index in [1.807, 2.05) is 19.2 Å². The molecule has 24 heavy (non-hydrogen) atoms. The van der Waals surface area contributed by atoms with Crippen LogP contribution in [0, 0.1) is 13.8 Å². The van der Waals surface area contributed by atoms with E-state index in [1.165, 1.54) is 11.1 Å². The van der Waals surface area contributed by atoms with E-state index in [-0.39, 0.29) is 11.5 Å². The van der Waals surface area contributed by atoms with E-state index < -0.39 is 0 Å². The maximum Gasteiger partial charge on any atom is 0.236 e. The summed E-state index contributed by atoms with van der Waals surface area (Å²) in [4.78, 5) is 16.3. The fourth-order valence-electron chi connectivity index (χ4n) is 3.00. The quantitative estimate of drug-likeness (QED) is 0.800. The van der Waals surface area contributed by atoms with Crippen LogP contribution in [0.5, 0.6) is 5.75 Å². The molecule has 0 bridgehead atoms. The third kappa shape index (κ3) is 5.80. The van der Waals surface area contributed by atoms with Crippen molar-refractivity contribution in [2.75, 3.05) is 46.4 Å². The Balaban J connectivity index is 1.75. The minimum Gasteiger partial charge on any atom is -0.492 e. The summed E-state index contributed by atoms with van der Waals surface area (Å²) in [5.41, 5.74) is 2.19. The molecule has 1 aliphatic heterocycles. The molecule has 2 rings (SSSR count). The van der Waals surface area contributed by atoms with E-state index in [9.17, 15) is 4.79 Å². The van der Waals surface area contributed by atoms with Crippen molar-refractivity contribution in [3.63, 3.8) is 0 Å². The van der Waals surface area contributed by atoms with Crippen LogP contribution < -0.4 is 4.74 Å². The second-order valence-electron chi connectivity index (χ2n) is 7.31. The van der Waals surface area contributed by atoms with Crippen molar-refractivity contribution >= 4 is 5.91 Å². The summed E-state index contributed by atoms with van der Waals surface area (Å²) in [6, 6.07) is 6.15. The second-order valence-corrected chi connectivity index (χ2v) is 7.31. The molecule has 0 aromatic heterocycles. The lowest BCUT2D eigenvalue weighted by Gasteiger charge is -2.38. The number of ether oxygens (including phenoxy) is 2. The van der Waals surface area contributed by atoms with Gasteiger partial charge in [-0.25, -0.2) is 0 Å². The molecule has 1 heterocycles. The molecule has 1 saturated heterocycles. The number of amides is 1. The SMILES string of the molecule is Cc1cc(C)cc(OCCN(C)C(=O)CN2CCOC(C)(C)C2)c1. The molecule has 0 N–H and O–H groups in total. The molecule has 1 aromatic carbocycles. The highest BCUT2D eigenvalue weighted by atomic mass is 16.5. The number of nitrogens with zero attached hydrogens (tertiary/aromatic N) is 2. The fourth-order valence-corrected chi connectivity index (χ4v) is 3.00. The van der Waals surface area contributed by atoms with Gasteiger partial charge in [-0.15, -0.1) is 0 Å². The number of aryl methyl sites for hydroxylation is 2. The Bertz CT molecular complexity index is 551. The van der Waals surface area contributed by atoms with Crippen LogP contribution in [-0.2, 0) is 9.53 Å². The Morgan fingerprint density at radius 2 is 1.96 bits per heavy atom. The van der Waals surface area contributed by atoms with Crippen LogP contribution in [0.4, 0.5) is 0 Å². The summed E-state index contributed by atoms with van der Waals surface area (Å²) in [7, 11) is 1.83. The standard InChI is InChI=1S/C19H30N2O3/c1-15-10-16(2)12-17(11-15)23-8-6-20(5)18(22)13-21-7-9-24-19(3,4)14-21/h10-12H,6-9,13-14H2,1-5H3. The molecule has 1 amide bonds. The predicted molar refractivity (Wildman–Crippen MR) is 95.5 cm³/mol. The summed E-state index contributed by atoms with van der Waals surface area (Å²) in [5, 5.41) is 0. The first kappa shape index (κ1) is 18.7. The lowest BCUT2D eigenvalue weighted by molar-refractivity contribution is -0.136. The lowest BCUT2D eigenvalue weighted by atomic mass is 10.1. The largest absolute Gasteiger partial charge is 0.492 e. The molecular formula is C19H30N2O3. The zero-order chi connectivity index (χ0) is 17.7. The summed E-state index contributed by atoms with van der Waals surface area (Å²) in [6.45, 7) is 12.0. The van der Waals surface area contributed by atoms with E-state index in [2.05, 4.69) is 38.7 Å². The summed E-state index contributed by atoms with van der Waals surface area (Å²) < 4.78 is 11.5. The predicted octanol–water partition coefficient (Wildman–Crippen LogP) is 2.25. The minimum atomic E-state index is -0.177. The number of benzene rings is 1. The molecule has 134 valence electrons. The molecule has 0 radical (unpaired) electrons. The van der Waals surface area contributed by atoms with Gasteiger partial charge in [0.05, 0.1) is 25.3 Å². The van der Waals surface area contributed by atoms with Gasteiger partial charge in [-0.3, -0.25) is 9.69 Å². The molecule has 1 aliphatic rings. The van der Waals surface area contributed by atoms with Crippen molar-refractivity contribution in [3.05, 3.63) is 29.3 Å². The molecule has 1 fully saturated rings. The van der Waals surface area contributed by atoms with Crippen molar-refractivity contribution in [1.29, 1.82) is 0 Å². The summed E-state index contributed by atoms with van der Waals surface area (Å²) in [5.74, 6) is 0.986. The van der Waals surface area contributed by atoms with Gasteiger partial charge in [-0.1, -0.05) is 6.07 Å². The van der Waals surface area contributed by atoms with Gasteiger partial charge in [0.1, 0.15) is 12.4 Å². The molecule has 0 atom stereocenters. The van der Waals surface area contributed by atoms with Gasteiger partial charge in [0.15, 0.2) is 0 Å². The zero-order valence-corrected chi connectivity index (χ0v) is 15.6. The first-order valence-corrected chi connectivity index (χ1v) is 8.56. The third-order valence-corrected chi connectivity index (χ3v) is 4.18. The third-order valence-electron chi connectivity index (χ3n) is 4.18. The van der Waals surface area contributed by atoms with Crippen molar-refractivity contribution in [2.24, 2.45) is 0 Å². The van der Waals surface area contributed by atoms with Gasteiger partial charge in [0, 0.05) is 20.1 Å². The van der Waals surface area contributed by atoms with E-state index in [4.69, 9.17) is 9.47 Å². The molecule has 5 nitrogen and oxygen atoms in total. The Morgan fingerprint density at radius 3 is 2.58 bits per heavy atom. The number of morpholine rings is 1. The van der Waals surface area contributed by atoms with Gasteiger partial charge >= 0.3 is 0 Å². The van der Waals surface area contributed by atoms with E-state index in [0.717, 1.165) is 18.8 Å². The average molecular weight is 334 g/mol. The van der Waals surface area contributed by atoms with E-state index in [0.29, 0.717) is 26.3 Å². The fraction of sp³-hybridized carbons (Fsp3) is 0.632. The Labute approximate surface area is 145 Å². The first-order chi connectivity index (χ1) is 11.2. The molecule has 0 spiro atoms. The molecule has 0 unspecified atom stereocenters. The van der Waals surface area contributed by atoms with E-state index in [1.54, 1.807) is 4.90 Å². The Kier molecular flexibility index (Phi) is 6.24. The topological polar surface area (TPSA) is 42.0 Å². The van der Waals surface area contributed by atoms with Crippen LogP contribution in [0.3, 0.4) is 0 Å². The van der Waals surface area contributed by atoms with Crippen LogP contribution in [-0.4, -0.2) is 67.7 Å². The lowest BCUT2D eigenvalue weighted by Crippen LogP contribution is -2.51. The smallest absolute Gasteiger partial charge is 0.236 e. The molecule has 1 aromatic rings. The Morgan fingerprint density at radius 1 is 1.29 bits per heavy atom. The van der Waals surface area contributed by atoms with Crippen LogP contribution in [0.2, 0.25) is 0 Å². The van der Waals surface area contributed by atoms with Gasteiger partial charge in [-0.2, -0.15) is 0 Å². The van der Waals surface area contributed by atoms with Crippen molar-refractivity contribution in [3.8, 4) is 5.75 Å². The summed E-state index contributed by atoms with van der Waals surface area (Å²) in [6.07, 6.45) is 0. The Hall–Kier alpha value is -1.59. The zero-order valence-electron chi connectivity index (χ0n) is 15.6. The highest BCUT2D eigenvalue weighted by Gasteiger charge is 2.28. The van der Waals surface area contributed by atoms with Gasteiger partial charge in [0.25, 0.3) is 0 Å². The van der Waals surface area contributed by atoms with E-state index >= 15 is 0 Å². The van der Waals surface area contributed by atoms with Crippen molar-refractivity contribution < 1.29 is 14.3 Å². The number of carbonyl (C=O) groups excluding carboxylic acids is 1. The maximum absolute atomic E-state index is 12.4. The summed E-state index contributed by atoms with van der Waals surface area (Å²) >= 11 is 0. The van der Waals surface area contributed by atoms with Crippen LogP contribution in [0.25, 0.3) is 0 Å². The molecule has 5 heteroatoms. The van der Waals surface area contributed by atoms with Gasteiger partial charge in [0.2, 0.25) is 5.91 Å². The van der Waals surface area contributed by atoms with Crippen LogP contribution in [0.15, 0.2) is 18.2 Å². The number of hydrogen-bond donors (Lipinski definition) is 0. The average Bonchev–Trinajstić information content (AvgIpc) is 2.45. The first-order valence-electron chi connectivity index (χ1n) is 8.56. The number of hydrogen-bond acceptors (Lipinski definition) is 4. The van der Waals surface area contributed by atoms with Crippen LogP contribution in [0.1, 0.15) is 25.0 Å². The van der Waals surface area contributed by atoms with Gasteiger partial charge < -0.3 is 14.4 Å². The number of rotatable bonds is 6. The maximum atomic E-state index is 12.4. The molecular weight excluding hydrogens is 304 g/mol. The monoisotopic (exact) mass is 334 g/mol. The second kappa shape index (κ2) is 7.99. The normalized spacial score (nSPS) is 17.5. The molecule has 0 aliphatic carbocycles. The number of likely N-dealkylation sites (N-methyl/N-ethyl adjacent to an activating group) is 1. The highest BCUT2D eigenvalue weighted by Crippen LogP contribution is 2.17.